The molecule has 0 unspecified atom stereocenters. The van der Waals surface area contributed by atoms with E-state index in [4.69, 9.17) is 15.7 Å². The molecule has 0 amide bonds. The van der Waals surface area contributed by atoms with E-state index in [1.165, 1.54) is 0 Å². The van der Waals surface area contributed by atoms with Gasteiger partial charge in [-0.15, -0.1) is 0 Å². The average Bonchev–Trinajstić information content (AvgIpc) is 2.33. The van der Waals surface area contributed by atoms with Crippen molar-refractivity contribution in [2.45, 2.75) is 6.92 Å². The molecule has 3 heteroatoms. The van der Waals surface area contributed by atoms with Crippen LogP contribution in [0.2, 0.25) is 0 Å². The van der Waals surface area contributed by atoms with Crippen LogP contribution in [0.3, 0.4) is 0 Å². The zero-order chi connectivity index (χ0) is 12.3. The van der Waals surface area contributed by atoms with Crippen molar-refractivity contribution < 1.29 is 4.74 Å². The van der Waals surface area contributed by atoms with Crippen LogP contribution in [0.5, 0.6) is 11.5 Å². The van der Waals surface area contributed by atoms with Gasteiger partial charge in [-0.05, 0) is 42.8 Å². The molecular formula is C14H12N2O. The molecule has 2 aromatic rings. The Morgan fingerprint density at radius 3 is 2.59 bits per heavy atom. The second-order valence-electron chi connectivity index (χ2n) is 3.73. The van der Waals surface area contributed by atoms with Crippen LogP contribution in [0.15, 0.2) is 42.5 Å². The summed E-state index contributed by atoms with van der Waals surface area (Å²) in [6.07, 6.45) is 0. The lowest BCUT2D eigenvalue weighted by Gasteiger charge is -2.10. The molecule has 0 atom stereocenters. The van der Waals surface area contributed by atoms with Gasteiger partial charge in [-0.2, -0.15) is 5.26 Å². The van der Waals surface area contributed by atoms with Crippen molar-refractivity contribution in [3.63, 3.8) is 0 Å². The van der Waals surface area contributed by atoms with Gasteiger partial charge in [0.15, 0.2) is 0 Å². The first-order chi connectivity index (χ1) is 8.20. The first kappa shape index (κ1) is 11.0. The van der Waals surface area contributed by atoms with Gasteiger partial charge in [0.2, 0.25) is 0 Å². The molecule has 84 valence electrons. The van der Waals surface area contributed by atoms with E-state index < -0.39 is 0 Å². The maximum absolute atomic E-state index is 8.96. The standard InChI is InChI=1S/C14H12N2O/c1-10-8-12(16)6-7-13(10)17-14-5-3-2-4-11(14)9-15/h2-8H,16H2,1H3. The summed E-state index contributed by atoms with van der Waals surface area (Å²) in [5.41, 5.74) is 7.83. The van der Waals surface area contributed by atoms with Crippen LogP contribution < -0.4 is 10.5 Å². The predicted octanol–water partition coefficient (Wildman–Crippen LogP) is 3.24. The summed E-state index contributed by atoms with van der Waals surface area (Å²) in [4.78, 5) is 0. The maximum Gasteiger partial charge on any atom is 0.145 e. The molecule has 0 saturated heterocycles. The van der Waals surface area contributed by atoms with E-state index in [2.05, 4.69) is 6.07 Å². The fourth-order valence-electron chi connectivity index (χ4n) is 1.55. The SMILES string of the molecule is Cc1cc(N)ccc1Oc1ccccc1C#N. The minimum absolute atomic E-state index is 0.517. The predicted molar refractivity (Wildman–Crippen MR) is 66.8 cm³/mol. The second kappa shape index (κ2) is 4.58. The van der Waals surface area contributed by atoms with Gasteiger partial charge < -0.3 is 10.5 Å². The molecule has 2 N–H and O–H groups in total. The Hall–Kier alpha value is -2.47. The number of nitrogens with zero attached hydrogens (tertiary/aromatic N) is 1. The first-order valence-electron chi connectivity index (χ1n) is 5.24. The van der Waals surface area contributed by atoms with Crippen molar-refractivity contribution in [2.75, 3.05) is 5.73 Å². The van der Waals surface area contributed by atoms with Gasteiger partial charge in [0.25, 0.3) is 0 Å². The van der Waals surface area contributed by atoms with Crippen molar-refractivity contribution in [1.29, 1.82) is 5.26 Å². The first-order valence-corrected chi connectivity index (χ1v) is 5.24. The van der Waals surface area contributed by atoms with Crippen LogP contribution in [-0.2, 0) is 0 Å². The lowest BCUT2D eigenvalue weighted by Crippen LogP contribution is -1.92. The third kappa shape index (κ3) is 2.37. The average molecular weight is 224 g/mol. The Balaban J connectivity index is 2.35. The van der Waals surface area contributed by atoms with Gasteiger partial charge in [-0.3, -0.25) is 0 Å². The summed E-state index contributed by atoms with van der Waals surface area (Å²) in [6.45, 7) is 1.92. The fourth-order valence-corrected chi connectivity index (χ4v) is 1.55. The molecule has 0 radical (unpaired) electrons. The third-order valence-corrected chi connectivity index (χ3v) is 2.43. The summed E-state index contributed by atoms with van der Waals surface area (Å²) in [5.74, 6) is 1.27. The van der Waals surface area contributed by atoms with Crippen molar-refractivity contribution in [3.8, 4) is 17.6 Å². The Morgan fingerprint density at radius 2 is 1.88 bits per heavy atom. The van der Waals surface area contributed by atoms with Crippen molar-refractivity contribution in [1.82, 2.24) is 0 Å². The van der Waals surface area contributed by atoms with E-state index in [0.29, 0.717) is 22.7 Å². The molecule has 0 aliphatic rings. The zero-order valence-electron chi connectivity index (χ0n) is 9.47. The molecule has 0 aliphatic carbocycles. The van der Waals surface area contributed by atoms with Gasteiger partial charge in [0.05, 0.1) is 5.56 Å². The Morgan fingerprint density at radius 1 is 1.12 bits per heavy atom. The number of rotatable bonds is 2. The highest BCUT2D eigenvalue weighted by Gasteiger charge is 2.05. The minimum Gasteiger partial charge on any atom is -0.456 e. The third-order valence-electron chi connectivity index (χ3n) is 2.43. The smallest absolute Gasteiger partial charge is 0.145 e. The summed E-state index contributed by atoms with van der Waals surface area (Å²) in [6, 6.07) is 14.7. The fraction of sp³-hybridized carbons (Fsp3) is 0.0714. The number of nitriles is 1. The van der Waals surface area contributed by atoms with Crippen LogP contribution >= 0.6 is 0 Å². The van der Waals surface area contributed by atoms with E-state index >= 15 is 0 Å². The highest BCUT2D eigenvalue weighted by Crippen LogP contribution is 2.28. The largest absolute Gasteiger partial charge is 0.456 e. The van der Waals surface area contributed by atoms with E-state index in [0.717, 1.165) is 5.56 Å². The van der Waals surface area contributed by atoms with Crippen molar-refractivity contribution in [2.24, 2.45) is 0 Å². The van der Waals surface area contributed by atoms with Crippen molar-refractivity contribution in [3.05, 3.63) is 53.6 Å². The highest BCUT2D eigenvalue weighted by atomic mass is 16.5. The quantitative estimate of drug-likeness (QED) is 0.796. The Labute approximate surface area is 100 Å². The van der Waals surface area contributed by atoms with E-state index in [1.807, 2.05) is 19.1 Å². The Bertz CT molecular complexity index is 585. The van der Waals surface area contributed by atoms with Gasteiger partial charge in [0.1, 0.15) is 17.6 Å². The summed E-state index contributed by atoms with van der Waals surface area (Å²) in [7, 11) is 0. The van der Waals surface area contributed by atoms with Gasteiger partial charge in [0, 0.05) is 5.69 Å². The number of hydrogen-bond donors (Lipinski definition) is 1. The van der Waals surface area contributed by atoms with Crippen molar-refractivity contribution >= 4 is 5.69 Å². The van der Waals surface area contributed by atoms with Gasteiger partial charge in [-0.25, -0.2) is 0 Å². The van der Waals surface area contributed by atoms with Crippen LogP contribution in [0, 0.1) is 18.3 Å². The number of para-hydroxylation sites is 1. The molecular weight excluding hydrogens is 212 g/mol. The zero-order valence-corrected chi connectivity index (χ0v) is 9.47. The molecule has 3 nitrogen and oxygen atoms in total. The molecule has 0 aromatic heterocycles. The maximum atomic E-state index is 8.96. The lowest BCUT2D eigenvalue weighted by atomic mass is 10.2. The number of aryl methyl sites for hydroxylation is 1. The number of ether oxygens (including phenoxy) is 1. The molecule has 0 heterocycles. The second-order valence-corrected chi connectivity index (χ2v) is 3.73. The highest BCUT2D eigenvalue weighted by molar-refractivity contribution is 5.50. The molecule has 0 fully saturated rings. The summed E-state index contributed by atoms with van der Waals surface area (Å²) < 4.78 is 5.71. The molecule has 0 aliphatic heterocycles. The van der Waals surface area contributed by atoms with Crippen LogP contribution in [0.1, 0.15) is 11.1 Å². The monoisotopic (exact) mass is 224 g/mol. The van der Waals surface area contributed by atoms with Crippen LogP contribution in [-0.4, -0.2) is 0 Å². The molecule has 2 aromatic carbocycles. The number of anilines is 1. The topological polar surface area (TPSA) is 59.0 Å². The minimum atomic E-state index is 0.517. The molecule has 0 bridgehead atoms. The van der Waals surface area contributed by atoms with E-state index in [-0.39, 0.29) is 0 Å². The molecule has 17 heavy (non-hydrogen) atoms. The lowest BCUT2D eigenvalue weighted by molar-refractivity contribution is 0.477. The molecule has 2 rings (SSSR count). The summed E-state index contributed by atoms with van der Waals surface area (Å²) >= 11 is 0. The number of nitrogens with two attached hydrogens (primary N) is 1. The van der Waals surface area contributed by atoms with Crippen LogP contribution in [0.25, 0.3) is 0 Å². The van der Waals surface area contributed by atoms with Crippen LogP contribution in [0.4, 0.5) is 5.69 Å². The summed E-state index contributed by atoms with van der Waals surface area (Å²) in [5, 5.41) is 8.96. The normalized spacial score (nSPS) is 9.65. The van der Waals surface area contributed by atoms with Gasteiger partial charge >= 0.3 is 0 Å². The molecule has 0 saturated carbocycles. The van der Waals surface area contributed by atoms with E-state index in [9.17, 15) is 0 Å². The number of hydrogen-bond acceptors (Lipinski definition) is 3. The number of nitrogen functional groups attached to an aromatic ring is 1. The van der Waals surface area contributed by atoms with E-state index in [1.54, 1.807) is 30.3 Å². The number of benzene rings is 2. The molecule has 0 spiro atoms. The van der Waals surface area contributed by atoms with Gasteiger partial charge in [-0.1, -0.05) is 12.1 Å². The Kier molecular flexibility index (Phi) is 2.97.